The first-order chi connectivity index (χ1) is 9.33. The van der Waals surface area contributed by atoms with Crippen molar-refractivity contribution >= 4 is 0 Å². The van der Waals surface area contributed by atoms with E-state index in [0.717, 1.165) is 12.2 Å². The SMILES string of the molecule is Cc1ccc(CNC2CCCc3ccccc32)nc1. The van der Waals surface area contributed by atoms with Gasteiger partial charge in [-0.25, -0.2) is 0 Å². The Morgan fingerprint density at radius 1 is 1.21 bits per heavy atom. The Morgan fingerprint density at radius 3 is 2.95 bits per heavy atom. The Hall–Kier alpha value is -1.67. The standard InChI is InChI=1S/C17H20N2/c1-13-9-10-15(18-11-13)12-19-17-8-4-6-14-5-2-3-7-16(14)17/h2-3,5,7,9-11,17,19H,4,6,8,12H2,1H3. The third-order valence-corrected chi connectivity index (χ3v) is 3.87. The number of nitrogens with one attached hydrogen (secondary N) is 1. The fraction of sp³-hybridized carbons (Fsp3) is 0.353. The number of pyridine rings is 1. The molecule has 3 rings (SSSR count). The zero-order valence-electron chi connectivity index (χ0n) is 11.4. The number of aryl methyl sites for hydroxylation is 2. The molecule has 19 heavy (non-hydrogen) atoms. The van der Waals surface area contributed by atoms with Crippen LogP contribution in [0.25, 0.3) is 0 Å². The maximum Gasteiger partial charge on any atom is 0.0542 e. The minimum absolute atomic E-state index is 0.480. The van der Waals surface area contributed by atoms with Crippen LogP contribution in [0.1, 0.15) is 41.3 Å². The largest absolute Gasteiger partial charge is 0.304 e. The van der Waals surface area contributed by atoms with Gasteiger partial charge in [0.2, 0.25) is 0 Å². The molecule has 1 unspecified atom stereocenters. The highest BCUT2D eigenvalue weighted by molar-refractivity contribution is 5.32. The zero-order valence-corrected chi connectivity index (χ0v) is 11.4. The van der Waals surface area contributed by atoms with Gasteiger partial charge in [0, 0.05) is 18.8 Å². The summed E-state index contributed by atoms with van der Waals surface area (Å²) in [6.07, 6.45) is 5.65. The average Bonchev–Trinajstić information content (AvgIpc) is 2.47. The van der Waals surface area contributed by atoms with Crippen molar-refractivity contribution in [2.45, 2.75) is 38.8 Å². The van der Waals surface area contributed by atoms with Crippen molar-refractivity contribution < 1.29 is 0 Å². The van der Waals surface area contributed by atoms with Crippen LogP contribution in [0.2, 0.25) is 0 Å². The van der Waals surface area contributed by atoms with E-state index >= 15 is 0 Å². The number of benzene rings is 1. The summed E-state index contributed by atoms with van der Waals surface area (Å²) in [6, 6.07) is 13.5. The van der Waals surface area contributed by atoms with Crippen LogP contribution >= 0.6 is 0 Å². The average molecular weight is 252 g/mol. The highest BCUT2D eigenvalue weighted by atomic mass is 14.9. The van der Waals surface area contributed by atoms with E-state index in [9.17, 15) is 0 Å². The minimum Gasteiger partial charge on any atom is -0.304 e. The summed E-state index contributed by atoms with van der Waals surface area (Å²) in [7, 11) is 0. The molecule has 1 aliphatic carbocycles. The Morgan fingerprint density at radius 2 is 2.11 bits per heavy atom. The molecule has 0 saturated heterocycles. The number of hydrogen-bond donors (Lipinski definition) is 1. The number of hydrogen-bond acceptors (Lipinski definition) is 2. The van der Waals surface area contributed by atoms with E-state index in [1.807, 2.05) is 6.20 Å². The Balaban J connectivity index is 1.69. The topological polar surface area (TPSA) is 24.9 Å². The van der Waals surface area contributed by atoms with Crippen LogP contribution in [0.3, 0.4) is 0 Å². The summed E-state index contributed by atoms with van der Waals surface area (Å²) in [5.41, 5.74) is 5.31. The quantitative estimate of drug-likeness (QED) is 0.903. The van der Waals surface area contributed by atoms with Crippen LogP contribution in [0.15, 0.2) is 42.6 Å². The van der Waals surface area contributed by atoms with E-state index in [1.54, 1.807) is 0 Å². The predicted octanol–water partition coefficient (Wildman–Crippen LogP) is 3.56. The summed E-state index contributed by atoms with van der Waals surface area (Å²) in [5, 5.41) is 3.65. The van der Waals surface area contributed by atoms with Gasteiger partial charge in [-0.3, -0.25) is 4.98 Å². The van der Waals surface area contributed by atoms with E-state index in [-0.39, 0.29) is 0 Å². The van der Waals surface area contributed by atoms with Crippen molar-refractivity contribution in [3.63, 3.8) is 0 Å². The maximum absolute atomic E-state index is 4.46. The fourth-order valence-electron chi connectivity index (χ4n) is 2.80. The second-order valence-corrected chi connectivity index (χ2v) is 5.35. The van der Waals surface area contributed by atoms with E-state index in [2.05, 4.69) is 53.6 Å². The van der Waals surface area contributed by atoms with E-state index in [4.69, 9.17) is 0 Å². The van der Waals surface area contributed by atoms with Gasteiger partial charge in [0.05, 0.1) is 5.69 Å². The molecule has 0 fully saturated rings. The third-order valence-electron chi connectivity index (χ3n) is 3.87. The first-order valence-corrected chi connectivity index (χ1v) is 7.05. The molecule has 1 atom stereocenters. The maximum atomic E-state index is 4.46. The predicted molar refractivity (Wildman–Crippen MR) is 77.9 cm³/mol. The minimum atomic E-state index is 0.480. The summed E-state index contributed by atoms with van der Waals surface area (Å²) in [5.74, 6) is 0. The van der Waals surface area contributed by atoms with Crippen LogP contribution in [-0.2, 0) is 13.0 Å². The molecule has 0 bridgehead atoms. The van der Waals surface area contributed by atoms with Crippen molar-refractivity contribution in [3.05, 3.63) is 65.0 Å². The Kier molecular flexibility index (Phi) is 3.60. The summed E-state index contributed by atoms with van der Waals surface area (Å²) in [6.45, 7) is 2.92. The highest BCUT2D eigenvalue weighted by Gasteiger charge is 2.18. The molecule has 0 aliphatic heterocycles. The third kappa shape index (κ3) is 2.85. The molecule has 0 amide bonds. The van der Waals surface area contributed by atoms with Gasteiger partial charge >= 0.3 is 0 Å². The van der Waals surface area contributed by atoms with Crippen LogP contribution in [-0.4, -0.2) is 4.98 Å². The number of aromatic nitrogens is 1. The molecule has 98 valence electrons. The molecular weight excluding hydrogens is 232 g/mol. The first-order valence-electron chi connectivity index (χ1n) is 7.05. The molecule has 2 nitrogen and oxygen atoms in total. The second-order valence-electron chi connectivity index (χ2n) is 5.35. The normalized spacial score (nSPS) is 18.1. The van der Waals surface area contributed by atoms with E-state index < -0.39 is 0 Å². The number of nitrogens with zero attached hydrogens (tertiary/aromatic N) is 1. The van der Waals surface area contributed by atoms with Gasteiger partial charge in [0.15, 0.2) is 0 Å². The molecular formula is C17H20N2. The monoisotopic (exact) mass is 252 g/mol. The lowest BCUT2D eigenvalue weighted by Crippen LogP contribution is -2.25. The summed E-state index contributed by atoms with van der Waals surface area (Å²) < 4.78 is 0. The molecule has 2 heteroatoms. The zero-order chi connectivity index (χ0) is 13.1. The van der Waals surface area contributed by atoms with Gasteiger partial charge in [-0.05, 0) is 48.9 Å². The molecule has 0 radical (unpaired) electrons. The highest BCUT2D eigenvalue weighted by Crippen LogP contribution is 2.29. The van der Waals surface area contributed by atoms with E-state index in [1.165, 1.54) is 36.0 Å². The molecule has 1 N–H and O–H groups in total. The van der Waals surface area contributed by atoms with Crippen molar-refractivity contribution in [2.24, 2.45) is 0 Å². The van der Waals surface area contributed by atoms with Crippen LogP contribution in [0.5, 0.6) is 0 Å². The molecule has 0 saturated carbocycles. The lowest BCUT2D eigenvalue weighted by atomic mass is 9.88. The van der Waals surface area contributed by atoms with Gasteiger partial charge in [0.1, 0.15) is 0 Å². The van der Waals surface area contributed by atoms with Gasteiger partial charge < -0.3 is 5.32 Å². The van der Waals surface area contributed by atoms with Gasteiger partial charge in [-0.15, -0.1) is 0 Å². The van der Waals surface area contributed by atoms with Gasteiger partial charge in [-0.2, -0.15) is 0 Å². The van der Waals surface area contributed by atoms with Crippen molar-refractivity contribution in [1.82, 2.24) is 10.3 Å². The molecule has 1 heterocycles. The van der Waals surface area contributed by atoms with Gasteiger partial charge in [-0.1, -0.05) is 30.3 Å². The summed E-state index contributed by atoms with van der Waals surface area (Å²) >= 11 is 0. The Bertz CT molecular complexity index is 545. The first kappa shape index (κ1) is 12.4. The lowest BCUT2D eigenvalue weighted by Gasteiger charge is -2.26. The molecule has 0 spiro atoms. The van der Waals surface area contributed by atoms with Crippen LogP contribution < -0.4 is 5.32 Å². The van der Waals surface area contributed by atoms with Crippen molar-refractivity contribution in [1.29, 1.82) is 0 Å². The van der Waals surface area contributed by atoms with E-state index in [0.29, 0.717) is 6.04 Å². The fourth-order valence-corrected chi connectivity index (χ4v) is 2.80. The number of rotatable bonds is 3. The molecule has 2 aromatic rings. The lowest BCUT2D eigenvalue weighted by molar-refractivity contribution is 0.456. The van der Waals surface area contributed by atoms with Crippen LogP contribution in [0.4, 0.5) is 0 Å². The smallest absolute Gasteiger partial charge is 0.0542 e. The summed E-state index contributed by atoms with van der Waals surface area (Å²) in [4.78, 5) is 4.46. The van der Waals surface area contributed by atoms with Crippen LogP contribution in [0, 0.1) is 6.92 Å². The van der Waals surface area contributed by atoms with Crippen molar-refractivity contribution in [3.8, 4) is 0 Å². The molecule has 1 aliphatic rings. The Labute approximate surface area is 114 Å². The number of fused-ring (bicyclic) bond motifs is 1. The van der Waals surface area contributed by atoms with Gasteiger partial charge in [0.25, 0.3) is 0 Å². The molecule has 1 aromatic carbocycles. The molecule has 1 aromatic heterocycles. The van der Waals surface area contributed by atoms with Crippen molar-refractivity contribution in [2.75, 3.05) is 0 Å². The second kappa shape index (κ2) is 5.54.